The zero-order valence-corrected chi connectivity index (χ0v) is 10.4. The minimum absolute atomic E-state index is 0. The van der Waals surface area contributed by atoms with Gasteiger partial charge in [0.15, 0.2) is 0 Å². The minimum Gasteiger partial charge on any atom is -1.00 e. The lowest BCUT2D eigenvalue weighted by Gasteiger charge is -2.23. The van der Waals surface area contributed by atoms with Crippen LogP contribution in [0.1, 0.15) is 15.9 Å². The fraction of sp³-hybridized carbons (Fsp3) is 0.364. The van der Waals surface area contributed by atoms with Crippen molar-refractivity contribution in [3.8, 4) is 0 Å². The zero-order valence-electron chi connectivity index (χ0n) is 8.83. The van der Waals surface area contributed by atoms with Crippen LogP contribution in [0.5, 0.6) is 0 Å². The minimum atomic E-state index is 0. The van der Waals surface area contributed by atoms with Crippen molar-refractivity contribution < 1.29 is 26.3 Å². The van der Waals surface area contributed by atoms with Crippen LogP contribution in [0.25, 0.3) is 0 Å². The van der Waals surface area contributed by atoms with Crippen molar-refractivity contribution >= 4 is 6.29 Å². The number of aldehydes is 1. The van der Waals surface area contributed by atoms with Gasteiger partial charge in [-0.2, -0.15) is 0 Å². The fourth-order valence-corrected chi connectivity index (χ4v) is 1.31. The Hall–Kier alpha value is -0.670. The summed E-state index contributed by atoms with van der Waals surface area (Å²) < 4.78 is 0.877. The van der Waals surface area contributed by atoms with E-state index in [1.807, 2.05) is 18.2 Å². The predicted molar refractivity (Wildman–Crippen MR) is 53.6 cm³/mol. The van der Waals surface area contributed by atoms with Crippen LogP contribution in [0.4, 0.5) is 0 Å². The van der Waals surface area contributed by atoms with Crippen molar-refractivity contribution in [2.45, 2.75) is 6.54 Å². The number of carbonyl (C=O) groups excluding carboxylic acids is 1. The number of halogens is 1. The number of nitrogens with zero attached hydrogens (tertiary/aromatic N) is 1. The topological polar surface area (TPSA) is 17.1 Å². The standard InChI is InChI=1S/C11H16NO.BrH/c1-12(2,3)8-10-5-4-6-11(7-10)9-13;/h4-7,9H,8H2,1-3H3;1H/q+1;/p-1. The molecule has 0 spiro atoms. The molecule has 2 nitrogen and oxygen atoms in total. The van der Waals surface area contributed by atoms with Crippen LogP contribution in [0.2, 0.25) is 0 Å². The Morgan fingerprint density at radius 1 is 1.29 bits per heavy atom. The van der Waals surface area contributed by atoms with Crippen LogP contribution in [0.15, 0.2) is 24.3 Å². The molecule has 0 aliphatic rings. The molecule has 0 aliphatic heterocycles. The Balaban J connectivity index is 0.00000169. The van der Waals surface area contributed by atoms with Gasteiger partial charge in [-0.3, -0.25) is 4.79 Å². The van der Waals surface area contributed by atoms with Crippen LogP contribution in [0, 0.1) is 0 Å². The molecule has 0 atom stereocenters. The molecule has 0 aromatic heterocycles. The van der Waals surface area contributed by atoms with Crippen LogP contribution in [-0.4, -0.2) is 31.9 Å². The first-order chi connectivity index (χ1) is 6.01. The summed E-state index contributed by atoms with van der Waals surface area (Å²) in [6, 6.07) is 7.74. The Kier molecular flexibility index (Phi) is 5.02. The molecule has 14 heavy (non-hydrogen) atoms. The van der Waals surface area contributed by atoms with Crippen LogP contribution >= 0.6 is 0 Å². The first-order valence-electron chi connectivity index (χ1n) is 4.36. The largest absolute Gasteiger partial charge is 1.00 e. The molecule has 0 saturated carbocycles. The van der Waals surface area contributed by atoms with Gasteiger partial charge in [-0.05, 0) is 6.07 Å². The van der Waals surface area contributed by atoms with Gasteiger partial charge in [0, 0.05) is 11.1 Å². The molecule has 1 rings (SSSR count). The summed E-state index contributed by atoms with van der Waals surface area (Å²) in [6.07, 6.45) is 0.888. The molecule has 0 unspecified atom stereocenters. The molecule has 0 saturated heterocycles. The van der Waals surface area contributed by atoms with Crippen LogP contribution < -0.4 is 17.0 Å². The average Bonchev–Trinajstić information content (AvgIpc) is 2.01. The lowest BCUT2D eigenvalue weighted by atomic mass is 10.1. The monoisotopic (exact) mass is 257 g/mol. The maximum Gasteiger partial charge on any atom is 0.150 e. The van der Waals surface area contributed by atoms with Gasteiger partial charge in [-0.25, -0.2) is 0 Å². The van der Waals surface area contributed by atoms with Gasteiger partial charge in [-0.15, -0.1) is 0 Å². The molecule has 78 valence electrons. The summed E-state index contributed by atoms with van der Waals surface area (Å²) >= 11 is 0. The smallest absolute Gasteiger partial charge is 0.150 e. The van der Waals surface area contributed by atoms with Gasteiger partial charge in [0.1, 0.15) is 12.8 Å². The third-order valence-corrected chi connectivity index (χ3v) is 1.74. The van der Waals surface area contributed by atoms with Crippen molar-refractivity contribution in [2.75, 3.05) is 21.1 Å². The average molecular weight is 258 g/mol. The molecular weight excluding hydrogens is 242 g/mol. The molecule has 0 N–H and O–H groups in total. The van der Waals surface area contributed by atoms with E-state index in [-0.39, 0.29) is 17.0 Å². The summed E-state index contributed by atoms with van der Waals surface area (Å²) in [6.45, 7) is 0.946. The van der Waals surface area contributed by atoms with E-state index >= 15 is 0 Å². The molecule has 1 aromatic rings. The van der Waals surface area contributed by atoms with Crippen molar-refractivity contribution in [1.82, 2.24) is 0 Å². The van der Waals surface area contributed by atoms with E-state index in [1.165, 1.54) is 5.56 Å². The maximum absolute atomic E-state index is 10.5. The third-order valence-electron chi connectivity index (χ3n) is 1.74. The van der Waals surface area contributed by atoms with Crippen molar-refractivity contribution in [1.29, 1.82) is 0 Å². The number of hydrogen-bond donors (Lipinski definition) is 0. The van der Waals surface area contributed by atoms with Crippen molar-refractivity contribution in [3.05, 3.63) is 35.4 Å². The number of carbonyl (C=O) groups is 1. The first kappa shape index (κ1) is 13.3. The van der Waals surface area contributed by atoms with E-state index in [9.17, 15) is 4.79 Å². The molecule has 0 heterocycles. The van der Waals surface area contributed by atoms with E-state index in [1.54, 1.807) is 0 Å². The van der Waals surface area contributed by atoms with E-state index in [4.69, 9.17) is 0 Å². The van der Waals surface area contributed by atoms with Crippen molar-refractivity contribution in [2.24, 2.45) is 0 Å². The second-order valence-corrected chi connectivity index (χ2v) is 4.31. The second-order valence-electron chi connectivity index (χ2n) is 4.31. The number of rotatable bonds is 3. The summed E-state index contributed by atoms with van der Waals surface area (Å²) in [5, 5.41) is 0. The highest BCUT2D eigenvalue weighted by atomic mass is 79.9. The van der Waals surface area contributed by atoms with Gasteiger partial charge < -0.3 is 21.5 Å². The molecule has 3 heteroatoms. The van der Waals surface area contributed by atoms with Crippen molar-refractivity contribution in [3.63, 3.8) is 0 Å². The highest BCUT2D eigenvalue weighted by Gasteiger charge is 2.08. The van der Waals surface area contributed by atoms with E-state index in [0.717, 1.165) is 22.9 Å². The maximum atomic E-state index is 10.5. The number of quaternary nitrogens is 1. The summed E-state index contributed by atoms with van der Waals surface area (Å²) in [4.78, 5) is 10.5. The van der Waals surface area contributed by atoms with E-state index < -0.39 is 0 Å². The molecule has 0 fully saturated rings. The van der Waals surface area contributed by atoms with Gasteiger partial charge in [-0.1, -0.05) is 18.2 Å². The normalized spacial score (nSPS) is 10.5. The lowest BCUT2D eigenvalue weighted by Crippen LogP contribution is -3.00. The fourth-order valence-electron chi connectivity index (χ4n) is 1.31. The molecule has 0 radical (unpaired) electrons. The van der Waals surface area contributed by atoms with E-state index in [0.29, 0.717) is 0 Å². The van der Waals surface area contributed by atoms with Crippen LogP contribution in [-0.2, 0) is 6.54 Å². The summed E-state index contributed by atoms with van der Waals surface area (Å²) in [7, 11) is 6.40. The molecule has 0 bridgehead atoms. The predicted octanol–water partition coefficient (Wildman–Crippen LogP) is -1.29. The molecular formula is C11H16BrNO. The van der Waals surface area contributed by atoms with Gasteiger partial charge >= 0.3 is 0 Å². The van der Waals surface area contributed by atoms with Gasteiger partial charge in [0.2, 0.25) is 0 Å². The quantitative estimate of drug-likeness (QED) is 0.487. The lowest BCUT2D eigenvalue weighted by molar-refractivity contribution is -0.884. The molecule has 0 aliphatic carbocycles. The third kappa shape index (κ3) is 4.53. The zero-order chi connectivity index (χ0) is 9.90. The SMILES string of the molecule is C[N+](C)(C)Cc1cccc(C=O)c1.[Br-]. The summed E-state index contributed by atoms with van der Waals surface area (Å²) in [5.74, 6) is 0. The Labute approximate surface area is 95.9 Å². The van der Waals surface area contributed by atoms with E-state index in [2.05, 4.69) is 27.2 Å². The Morgan fingerprint density at radius 2 is 1.93 bits per heavy atom. The Bertz CT molecular complexity index is 304. The second kappa shape index (κ2) is 5.27. The highest BCUT2D eigenvalue weighted by molar-refractivity contribution is 5.74. The summed E-state index contributed by atoms with van der Waals surface area (Å²) in [5.41, 5.74) is 1.96. The number of hydrogen-bond acceptors (Lipinski definition) is 1. The Morgan fingerprint density at radius 3 is 2.43 bits per heavy atom. The first-order valence-corrected chi connectivity index (χ1v) is 4.36. The van der Waals surface area contributed by atoms with Gasteiger partial charge in [0.05, 0.1) is 21.1 Å². The number of benzene rings is 1. The van der Waals surface area contributed by atoms with Crippen LogP contribution in [0.3, 0.4) is 0 Å². The van der Waals surface area contributed by atoms with Gasteiger partial charge in [0.25, 0.3) is 0 Å². The molecule has 1 aromatic carbocycles. The molecule has 0 amide bonds. The highest BCUT2D eigenvalue weighted by Crippen LogP contribution is 2.08.